The highest BCUT2D eigenvalue weighted by molar-refractivity contribution is 5.66. The lowest BCUT2D eigenvalue weighted by Gasteiger charge is -2.44. The second kappa shape index (κ2) is 5.77. The van der Waals surface area contributed by atoms with Crippen molar-refractivity contribution in [1.82, 2.24) is 0 Å². The summed E-state index contributed by atoms with van der Waals surface area (Å²) in [5.41, 5.74) is 4.70. The van der Waals surface area contributed by atoms with Gasteiger partial charge in [0, 0.05) is 28.5 Å². The predicted molar refractivity (Wildman–Crippen MR) is 72.6 cm³/mol. The summed E-state index contributed by atoms with van der Waals surface area (Å²) in [6.45, 7) is 7.04. The van der Waals surface area contributed by atoms with Crippen LogP contribution >= 0.6 is 0 Å². The standard InChI is InChI=1S/C14H27NO4/c1-9(15)12-7-11(18-14(5,6)19-12)8-13(3,4)17-10(2)16/h9,11-12H,7-8,15H2,1-6H3/t9-,11?,12-/m1/s1/i3D2/t9-,11?,12-,13?. The van der Waals surface area contributed by atoms with Crippen LogP contribution in [0.5, 0.6) is 0 Å². The van der Waals surface area contributed by atoms with Gasteiger partial charge in [0.05, 0.1) is 12.2 Å². The van der Waals surface area contributed by atoms with Crippen molar-refractivity contribution in [2.24, 2.45) is 5.73 Å². The lowest BCUT2D eigenvalue weighted by Crippen LogP contribution is -2.51. The Labute approximate surface area is 118 Å². The van der Waals surface area contributed by atoms with Crippen LogP contribution < -0.4 is 5.73 Å². The third-order valence-electron chi connectivity index (χ3n) is 2.98. The molecule has 5 heteroatoms. The van der Waals surface area contributed by atoms with Crippen molar-refractivity contribution in [2.45, 2.75) is 84.0 Å². The maximum absolute atomic E-state index is 11.2. The minimum Gasteiger partial charge on any atom is -0.460 e. The Morgan fingerprint density at radius 3 is 2.74 bits per heavy atom. The van der Waals surface area contributed by atoms with Gasteiger partial charge in [-0.15, -0.1) is 0 Å². The van der Waals surface area contributed by atoms with Crippen LogP contribution in [0, 0.1) is 0 Å². The Bertz CT molecular complexity index is 376. The quantitative estimate of drug-likeness (QED) is 0.794. The minimum absolute atomic E-state index is 0.154. The molecule has 0 aromatic rings. The topological polar surface area (TPSA) is 70.8 Å². The van der Waals surface area contributed by atoms with E-state index in [9.17, 15) is 4.79 Å². The molecule has 0 radical (unpaired) electrons. The van der Waals surface area contributed by atoms with Gasteiger partial charge in [-0.1, -0.05) is 0 Å². The fourth-order valence-corrected chi connectivity index (χ4v) is 2.42. The van der Waals surface area contributed by atoms with Crippen LogP contribution in [0.25, 0.3) is 0 Å². The average molecular weight is 275 g/mol. The molecule has 0 aromatic carbocycles. The zero-order valence-electron chi connectivity index (χ0n) is 14.4. The highest BCUT2D eigenvalue weighted by Crippen LogP contribution is 2.32. The fourth-order valence-electron chi connectivity index (χ4n) is 2.42. The van der Waals surface area contributed by atoms with Crippen molar-refractivity contribution < 1.29 is 21.7 Å². The molecular weight excluding hydrogens is 246 g/mol. The van der Waals surface area contributed by atoms with E-state index >= 15 is 0 Å². The van der Waals surface area contributed by atoms with Gasteiger partial charge in [-0.3, -0.25) is 4.79 Å². The Kier molecular flexibility index (Phi) is 4.05. The summed E-state index contributed by atoms with van der Waals surface area (Å²) in [5, 5.41) is 0. The van der Waals surface area contributed by atoms with Crippen molar-refractivity contribution in [2.75, 3.05) is 0 Å². The van der Waals surface area contributed by atoms with Crippen molar-refractivity contribution in [3.8, 4) is 0 Å². The second-order valence-electron chi connectivity index (χ2n) is 6.00. The van der Waals surface area contributed by atoms with Crippen molar-refractivity contribution in [3.63, 3.8) is 0 Å². The number of carbonyl (C=O) groups is 1. The van der Waals surface area contributed by atoms with Crippen LogP contribution in [0.3, 0.4) is 0 Å². The summed E-state index contributed by atoms with van der Waals surface area (Å²) in [4.78, 5) is 11.2. The molecule has 0 aliphatic carbocycles. The summed E-state index contributed by atoms with van der Waals surface area (Å²) in [7, 11) is 0. The van der Waals surface area contributed by atoms with Gasteiger partial charge >= 0.3 is 5.97 Å². The Balaban J connectivity index is 2.85. The smallest absolute Gasteiger partial charge is 0.303 e. The van der Waals surface area contributed by atoms with E-state index in [1.165, 1.54) is 6.92 Å². The number of hydrogen-bond acceptors (Lipinski definition) is 5. The molecule has 0 bridgehead atoms. The summed E-state index contributed by atoms with van der Waals surface area (Å²) in [5.74, 6) is -1.30. The van der Waals surface area contributed by atoms with Crippen LogP contribution in [-0.4, -0.2) is 35.6 Å². The Morgan fingerprint density at radius 2 is 2.26 bits per heavy atom. The number of ether oxygens (including phenoxy) is 3. The van der Waals surface area contributed by atoms with E-state index in [2.05, 4.69) is 0 Å². The van der Waals surface area contributed by atoms with Crippen LogP contribution in [-0.2, 0) is 19.0 Å². The van der Waals surface area contributed by atoms with Gasteiger partial charge in [-0.25, -0.2) is 0 Å². The summed E-state index contributed by atoms with van der Waals surface area (Å²) >= 11 is 0. The SMILES string of the molecule is [2H]C([2H])C(C)(CC1C[C@H]([C@@H](C)N)OC(C)(C)O1)OC(C)=O. The van der Waals surface area contributed by atoms with E-state index in [1.54, 1.807) is 20.8 Å². The molecule has 1 aliphatic rings. The lowest BCUT2D eigenvalue weighted by molar-refractivity contribution is -0.307. The molecule has 2 unspecified atom stereocenters. The summed E-state index contributed by atoms with van der Waals surface area (Å²) < 4.78 is 32.1. The number of esters is 1. The third kappa shape index (κ3) is 5.47. The largest absolute Gasteiger partial charge is 0.460 e. The first-order valence-corrected chi connectivity index (χ1v) is 6.60. The third-order valence-corrected chi connectivity index (χ3v) is 2.98. The van der Waals surface area contributed by atoms with Crippen LogP contribution in [0.4, 0.5) is 0 Å². The van der Waals surface area contributed by atoms with Gasteiger partial charge < -0.3 is 19.9 Å². The van der Waals surface area contributed by atoms with Crippen molar-refractivity contribution >= 4 is 5.97 Å². The first kappa shape index (κ1) is 13.3. The van der Waals surface area contributed by atoms with Crippen molar-refractivity contribution in [3.05, 3.63) is 0 Å². The van der Waals surface area contributed by atoms with Gasteiger partial charge in [-0.05, 0) is 34.6 Å². The number of rotatable bonds is 4. The van der Waals surface area contributed by atoms with Gasteiger partial charge in [0.2, 0.25) is 0 Å². The summed E-state index contributed by atoms with van der Waals surface area (Å²) in [6, 6.07) is -0.154. The predicted octanol–water partition coefficient (Wildman–Crippen LogP) is 1.98. The number of carbonyl (C=O) groups excluding carboxylic acids is 1. The van der Waals surface area contributed by atoms with Gasteiger partial charge in [-0.2, -0.15) is 0 Å². The van der Waals surface area contributed by atoms with E-state index in [0.29, 0.717) is 6.42 Å². The zero-order valence-corrected chi connectivity index (χ0v) is 12.4. The Morgan fingerprint density at radius 1 is 1.63 bits per heavy atom. The van der Waals surface area contributed by atoms with E-state index in [4.69, 9.17) is 22.7 Å². The fraction of sp³-hybridized carbons (Fsp3) is 0.929. The molecule has 112 valence electrons. The van der Waals surface area contributed by atoms with E-state index in [1.807, 2.05) is 6.92 Å². The first-order valence-electron chi connectivity index (χ1n) is 7.76. The molecule has 5 nitrogen and oxygen atoms in total. The van der Waals surface area contributed by atoms with Gasteiger partial charge in [0.25, 0.3) is 0 Å². The molecule has 19 heavy (non-hydrogen) atoms. The first-order chi connectivity index (χ1) is 9.45. The van der Waals surface area contributed by atoms with Gasteiger partial charge in [0.15, 0.2) is 5.79 Å². The van der Waals surface area contributed by atoms with E-state index in [-0.39, 0.29) is 24.7 Å². The van der Waals surface area contributed by atoms with Crippen LogP contribution in [0.15, 0.2) is 0 Å². The average Bonchev–Trinajstić information content (AvgIpc) is 2.24. The molecule has 1 saturated heterocycles. The summed E-state index contributed by atoms with van der Waals surface area (Å²) in [6.07, 6.45) is 0.354. The molecular formula is C14H27NO4. The zero-order chi connectivity index (χ0) is 16.4. The lowest BCUT2D eigenvalue weighted by atomic mass is 9.93. The molecule has 2 N–H and O–H groups in total. The second-order valence-corrected chi connectivity index (χ2v) is 6.00. The molecule has 1 rings (SSSR count). The van der Waals surface area contributed by atoms with Crippen molar-refractivity contribution in [1.29, 1.82) is 0 Å². The molecule has 0 spiro atoms. The van der Waals surface area contributed by atoms with E-state index in [0.717, 1.165) is 0 Å². The number of hydrogen-bond donors (Lipinski definition) is 1. The Hall–Kier alpha value is -0.650. The molecule has 0 saturated carbocycles. The minimum atomic E-state index is -1.30. The molecule has 1 fully saturated rings. The molecule has 1 heterocycles. The molecule has 4 atom stereocenters. The molecule has 1 aliphatic heterocycles. The van der Waals surface area contributed by atoms with E-state index < -0.39 is 24.2 Å². The van der Waals surface area contributed by atoms with Crippen LogP contribution in [0.1, 0.15) is 57.1 Å². The van der Waals surface area contributed by atoms with Gasteiger partial charge in [0.1, 0.15) is 5.60 Å². The monoisotopic (exact) mass is 275 g/mol. The molecule has 0 amide bonds. The maximum Gasteiger partial charge on any atom is 0.303 e. The normalized spacial score (nSPS) is 33.0. The van der Waals surface area contributed by atoms with Crippen LogP contribution in [0.2, 0.25) is 0 Å². The number of nitrogens with two attached hydrogens (primary N) is 1. The highest BCUT2D eigenvalue weighted by Gasteiger charge is 2.39. The molecule has 0 aromatic heterocycles. The highest BCUT2D eigenvalue weighted by atomic mass is 16.7. The maximum atomic E-state index is 11.2.